The Kier molecular flexibility index (Phi) is 5.69. The maximum absolute atomic E-state index is 12.5. The van der Waals surface area contributed by atoms with E-state index in [1.807, 2.05) is 26.0 Å². The molecule has 0 radical (unpaired) electrons. The lowest BCUT2D eigenvalue weighted by Gasteiger charge is -2.15. The van der Waals surface area contributed by atoms with Crippen LogP contribution in [0.5, 0.6) is 0 Å². The number of benzene rings is 1. The molecule has 1 aliphatic carbocycles. The maximum atomic E-state index is 12.5. The molecule has 1 aliphatic rings. The number of nitrogens with zero attached hydrogens (tertiary/aromatic N) is 1. The molecule has 1 aromatic carbocycles. The van der Waals surface area contributed by atoms with Crippen molar-refractivity contribution in [3.63, 3.8) is 0 Å². The van der Waals surface area contributed by atoms with Crippen LogP contribution in [0.2, 0.25) is 0 Å². The summed E-state index contributed by atoms with van der Waals surface area (Å²) in [6, 6.07) is 4.20. The summed E-state index contributed by atoms with van der Waals surface area (Å²) in [6.45, 7) is 3.84. The molecule has 7 heteroatoms. The Hall–Kier alpha value is -2.15. The standard InChI is InChI=1S/C20H27N3O3S/c1-4-8-27(25,26)9-7-14-11-16-18(10-13(14)2)22-12-17(19(16)21-3)20(24)23-15-5-6-15/h10-12,15H,4-9H2,1-3H3,(H,21,22)(H,23,24). The largest absolute Gasteiger partial charge is 0.387 e. The Morgan fingerprint density at radius 3 is 2.63 bits per heavy atom. The Balaban J connectivity index is 1.96. The van der Waals surface area contributed by atoms with Gasteiger partial charge < -0.3 is 10.6 Å². The van der Waals surface area contributed by atoms with E-state index in [1.165, 1.54) is 0 Å². The topological polar surface area (TPSA) is 88.2 Å². The van der Waals surface area contributed by atoms with Crippen molar-refractivity contribution in [3.05, 3.63) is 35.0 Å². The third kappa shape index (κ3) is 4.58. The van der Waals surface area contributed by atoms with Crippen molar-refractivity contribution in [2.45, 2.75) is 45.6 Å². The lowest BCUT2D eigenvalue weighted by Crippen LogP contribution is -2.26. The highest BCUT2D eigenvalue weighted by molar-refractivity contribution is 7.91. The van der Waals surface area contributed by atoms with E-state index < -0.39 is 9.84 Å². The third-order valence-corrected chi connectivity index (χ3v) is 6.79. The van der Waals surface area contributed by atoms with Crippen LogP contribution in [-0.2, 0) is 16.3 Å². The third-order valence-electron chi connectivity index (χ3n) is 4.93. The van der Waals surface area contributed by atoms with E-state index in [1.54, 1.807) is 13.2 Å². The minimum Gasteiger partial charge on any atom is -0.387 e. The van der Waals surface area contributed by atoms with Gasteiger partial charge in [-0.1, -0.05) is 6.92 Å². The van der Waals surface area contributed by atoms with Crippen molar-refractivity contribution in [1.29, 1.82) is 0 Å². The van der Waals surface area contributed by atoms with Gasteiger partial charge in [-0.15, -0.1) is 0 Å². The molecule has 2 aromatic rings. The number of hydrogen-bond acceptors (Lipinski definition) is 5. The molecule has 0 saturated heterocycles. The average Bonchev–Trinajstić information content (AvgIpc) is 3.42. The Bertz CT molecular complexity index is 966. The monoisotopic (exact) mass is 389 g/mol. The smallest absolute Gasteiger partial charge is 0.255 e. The van der Waals surface area contributed by atoms with Gasteiger partial charge in [0.15, 0.2) is 9.84 Å². The first-order valence-electron chi connectivity index (χ1n) is 9.46. The van der Waals surface area contributed by atoms with Crippen molar-refractivity contribution in [2.75, 3.05) is 23.9 Å². The first-order valence-corrected chi connectivity index (χ1v) is 11.3. The minimum atomic E-state index is -3.04. The van der Waals surface area contributed by atoms with Crippen molar-refractivity contribution in [2.24, 2.45) is 0 Å². The van der Waals surface area contributed by atoms with E-state index in [2.05, 4.69) is 15.6 Å². The molecule has 1 amide bonds. The zero-order chi connectivity index (χ0) is 19.6. The van der Waals surface area contributed by atoms with E-state index in [0.29, 0.717) is 18.4 Å². The van der Waals surface area contributed by atoms with Crippen molar-refractivity contribution in [1.82, 2.24) is 10.3 Å². The number of aryl methyl sites for hydroxylation is 2. The summed E-state index contributed by atoms with van der Waals surface area (Å²) in [6.07, 6.45) is 4.75. The van der Waals surface area contributed by atoms with E-state index in [-0.39, 0.29) is 23.5 Å². The summed E-state index contributed by atoms with van der Waals surface area (Å²) in [7, 11) is -1.25. The van der Waals surface area contributed by atoms with Gasteiger partial charge in [0.1, 0.15) is 0 Å². The van der Waals surface area contributed by atoms with Crippen molar-refractivity contribution in [3.8, 4) is 0 Å². The van der Waals surface area contributed by atoms with Gasteiger partial charge in [0.25, 0.3) is 5.91 Å². The van der Waals surface area contributed by atoms with E-state index in [9.17, 15) is 13.2 Å². The second-order valence-corrected chi connectivity index (χ2v) is 9.55. The van der Waals surface area contributed by atoms with Crippen LogP contribution in [0.3, 0.4) is 0 Å². The number of fused-ring (bicyclic) bond motifs is 1. The molecule has 1 heterocycles. The quantitative estimate of drug-likeness (QED) is 0.725. The molecule has 1 saturated carbocycles. The van der Waals surface area contributed by atoms with Gasteiger partial charge in [0.2, 0.25) is 0 Å². The van der Waals surface area contributed by atoms with Crippen LogP contribution < -0.4 is 10.6 Å². The van der Waals surface area contributed by atoms with Crippen LogP contribution in [0.15, 0.2) is 18.3 Å². The SMILES string of the molecule is CCCS(=O)(=O)CCc1cc2c(NC)c(C(=O)NC3CC3)cnc2cc1C. The second-order valence-electron chi connectivity index (χ2n) is 7.24. The summed E-state index contributed by atoms with van der Waals surface area (Å²) in [4.78, 5) is 17.0. The zero-order valence-electron chi connectivity index (χ0n) is 16.1. The van der Waals surface area contributed by atoms with Crippen LogP contribution in [0.4, 0.5) is 5.69 Å². The lowest BCUT2D eigenvalue weighted by atomic mass is 10.0. The number of sulfone groups is 1. The normalized spacial score (nSPS) is 14.3. The molecule has 146 valence electrons. The number of hydrogen-bond donors (Lipinski definition) is 2. The van der Waals surface area contributed by atoms with E-state index in [0.717, 1.165) is 40.6 Å². The molecule has 0 atom stereocenters. The fraction of sp³-hybridized carbons (Fsp3) is 0.500. The van der Waals surface area contributed by atoms with E-state index in [4.69, 9.17) is 0 Å². The molecule has 2 N–H and O–H groups in total. The maximum Gasteiger partial charge on any atom is 0.255 e. The van der Waals surface area contributed by atoms with E-state index >= 15 is 0 Å². The highest BCUT2D eigenvalue weighted by Gasteiger charge is 2.25. The number of aromatic nitrogens is 1. The van der Waals surface area contributed by atoms with Gasteiger partial charge in [0.05, 0.1) is 22.5 Å². The number of pyridine rings is 1. The average molecular weight is 390 g/mol. The molecule has 0 bridgehead atoms. The molecule has 27 heavy (non-hydrogen) atoms. The predicted molar refractivity (Wildman–Crippen MR) is 109 cm³/mol. The van der Waals surface area contributed by atoms with Crippen LogP contribution >= 0.6 is 0 Å². The fourth-order valence-corrected chi connectivity index (χ4v) is 4.63. The van der Waals surface area contributed by atoms with Crippen LogP contribution in [0, 0.1) is 6.92 Å². The van der Waals surface area contributed by atoms with Crippen LogP contribution in [-0.4, -0.2) is 43.9 Å². The van der Waals surface area contributed by atoms with Crippen molar-refractivity contribution >= 4 is 32.3 Å². The minimum absolute atomic E-state index is 0.121. The molecular weight excluding hydrogens is 362 g/mol. The number of nitrogens with one attached hydrogen (secondary N) is 2. The highest BCUT2D eigenvalue weighted by Crippen LogP contribution is 2.29. The Morgan fingerprint density at radius 1 is 1.26 bits per heavy atom. The van der Waals surface area contributed by atoms with Gasteiger partial charge in [-0.3, -0.25) is 9.78 Å². The van der Waals surface area contributed by atoms with Crippen LogP contribution in [0.25, 0.3) is 10.9 Å². The molecule has 6 nitrogen and oxygen atoms in total. The molecule has 0 spiro atoms. The number of rotatable bonds is 8. The van der Waals surface area contributed by atoms with Crippen molar-refractivity contribution < 1.29 is 13.2 Å². The summed E-state index contributed by atoms with van der Waals surface area (Å²) in [5.74, 6) is 0.232. The first kappa shape index (κ1) is 19.6. The molecule has 1 fully saturated rings. The second kappa shape index (κ2) is 7.84. The number of carbonyl (C=O) groups is 1. The summed E-state index contributed by atoms with van der Waals surface area (Å²) >= 11 is 0. The number of anilines is 1. The summed E-state index contributed by atoms with van der Waals surface area (Å²) in [5.41, 5.74) is 4.03. The van der Waals surface area contributed by atoms with Gasteiger partial charge in [-0.05, 0) is 55.9 Å². The number of amides is 1. The molecular formula is C20H27N3O3S. The number of carbonyl (C=O) groups excluding carboxylic acids is 1. The molecule has 0 aliphatic heterocycles. The predicted octanol–water partition coefficient (Wildman–Crippen LogP) is 2.84. The van der Waals surface area contributed by atoms with Crippen LogP contribution in [0.1, 0.15) is 47.7 Å². The molecule has 1 aromatic heterocycles. The summed E-state index contributed by atoms with van der Waals surface area (Å²) < 4.78 is 24.2. The van der Waals surface area contributed by atoms with Gasteiger partial charge in [-0.25, -0.2) is 8.42 Å². The molecule has 0 unspecified atom stereocenters. The van der Waals surface area contributed by atoms with Gasteiger partial charge in [-0.2, -0.15) is 0 Å². The van der Waals surface area contributed by atoms with Gasteiger partial charge in [0, 0.05) is 30.4 Å². The fourth-order valence-electron chi connectivity index (χ4n) is 3.27. The Labute approximate surface area is 160 Å². The summed E-state index contributed by atoms with van der Waals surface area (Å²) in [5, 5.41) is 6.97. The van der Waals surface area contributed by atoms with Gasteiger partial charge >= 0.3 is 0 Å². The highest BCUT2D eigenvalue weighted by atomic mass is 32.2. The molecule has 3 rings (SSSR count). The zero-order valence-corrected chi connectivity index (χ0v) is 16.9. The Morgan fingerprint density at radius 2 is 2.00 bits per heavy atom. The first-order chi connectivity index (χ1) is 12.8. The lowest BCUT2D eigenvalue weighted by molar-refractivity contribution is 0.0951.